The van der Waals surface area contributed by atoms with E-state index in [2.05, 4.69) is 20.4 Å². The van der Waals surface area contributed by atoms with E-state index >= 15 is 0 Å². The molecule has 0 aromatic rings. The molecule has 0 radical (unpaired) electrons. The van der Waals surface area contributed by atoms with Crippen LogP contribution in [0.3, 0.4) is 0 Å². The van der Waals surface area contributed by atoms with Gasteiger partial charge in [0.1, 0.15) is 0 Å². The maximum Gasteiger partial charge on any atom is 0.0610 e. The Kier molecular flexibility index (Phi) is 10.5. The van der Waals surface area contributed by atoms with E-state index in [4.69, 9.17) is 21.5 Å². The molecule has 0 heterocycles. The van der Waals surface area contributed by atoms with Gasteiger partial charge in [-0.1, -0.05) is 32.4 Å². The number of hydrogen-bond donors (Lipinski definition) is 3. The highest BCUT2D eigenvalue weighted by atomic mass is 35.5. The maximum atomic E-state index is 11.6. The number of hydrogen-bond acceptors (Lipinski definition) is 4. The van der Waals surface area contributed by atoms with Gasteiger partial charge in [0.2, 0.25) is 0 Å². The number of carboxylic acid groups (broad SMARTS) is 1. The molecule has 34 heavy (non-hydrogen) atoms. The van der Waals surface area contributed by atoms with Crippen LogP contribution in [-0.4, -0.2) is 33.8 Å². The van der Waals surface area contributed by atoms with Gasteiger partial charge >= 0.3 is 0 Å². The molecule has 0 spiro atoms. The van der Waals surface area contributed by atoms with Crippen molar-refractivity contribution in [3.8, 4) is 0 Å². The molecule has 2 unspecified atom stereocenters. The molecule has 198 valence electrons. The topological polar surface area (TPSA) is 117 Å². The van der Waals surface area contributed by atoms with E-state index in [0.29, 0.717) is 23.1 Å². The van der Waals surface area contributed by atoms with Gasteiger partial charge in [-0.25, -0.2) is 0 Å². The predicted octanol–water partition coefficient (Wildman–Crippen LogP) is 5.61. The first-order valence-electron chi connectivity index (χ1n) is 13.3. The first kappa shape index (κ1) is 29.6. The van der Waals surface area contributed by atoms with E-state index in [1.54, 1.807) is 0 Å². The quantitative estimate of drug-likeness (QED) is 0.344. The van der Waals surface area contributed by atoms with Crippen LogP contribution in [-0.2, 0) is 4.79 Å². The Labute approximate surface area is 212 Å². The van der Waals surface area contributed by atoms with Crippen molar-refractivity contribution in [1.82, 2.24) is 6.15 Å². The van der Waals surface area contributed by atoms with Gasteiger partial charge in [0, 0.05) is 11.3 Å². The molecule has 0 saturated heterocycles. The molecular weight excluding hydrogens is 450 g/mol. The number of carboxylic acids is 1. The summed E-state index contributed by atoms with van der Waals surface area (Å²) in [7, 11) is 0. The van der Waals surface area contributed by atoms with Gasteiger partial charge in [-0.3, -0.25) is 0 Å². The minimum Gasteiger partial charge on any atom is -0.550 e. The van der Waals surface area contributed by atoms with Crippen molar-refractivity contribution >= 4 is 17.6 Å². The monoisotopic (exact) mass is 499 g/mol. The van der Waals surface area contributed by atoms with Gasteiger partial charge < -0.3 is 26.3 Å². The van der Waals surface area contributed by atoms with Gasteiger partial charge in [0.05, 0.1) is 12.2 Å². The zero-order chi connectivity index (χ0) is 24.4. The highest BCUT2D eigenvalue weighted by Crippen LogP contribution is 2.61. The molecule has 7 atom stereocenters. The Morgan fingerprint density at radius 3 is 2.26 bits per heavy atom. The number of fused-ring (bicyclic) bond motifs is 1. The number of quaternary nitrogens is 1. The van der Waals surface area contributed by atoms with Crippen LogP contribution in [0, 0.1) is 34.5 Å². The Morgan fingerprint density at radius 1 is 1.03 bits per heavy atom. The summed E-state index contributed by atoms with van der Waals surface area (Å²) in [5.74, 6) is 1.03. The van der Waals surface area contributed by atoms with Crippen molar-refractivity contribution in [2.45, 2.75) is 122 Å². The molecule has 4 fully saturated rings. The number of allylic oxidation sites excluding steroid dienone is 1. The van der Waals surface area contributed by atoms with E-state index in [0.717, 1.165) is 51.4 Å². The van der Waals surface area contributed by atoms with Crippen LogP contribution < -0.4 is 11.3 Å². The van der Waals surface area contributed by atoms with Crippen molar-refractivity contribution in [2.75, 3.05) is 0 Å². The summed E-state index contributed by atoms with van der Waals surface area (Å²) < 4.78 is 0. The first-order chi connectivity index (χ1) is 15.5. The number of rotatable bonds is 4. The Bertz CT molecular complexity index is 690. The second-order valence-electron chi connectivity index (χ2n) is 12.1. The molecule has 4 rings (SSSR count). The lowest BCUT2D eigenvalue weighted by atomic mass is 9.51. The van der Waals surface area contributed by atoms with E-state index < -0.39 is 5.97 Å². The number of aliphatic hydroxyl groups excluding tert-OH is 2. The molecule has 5 nitrogen and oxygen atoms in total. The lowest BCUT2D eigenvalue weighted by Crippen LogP contribution is -2.52. The highest BCUT2D eigenvalue weighted by Gasteiger charge is 2.56. The van der Waals surface area contributed by atoms with Crippen molar-refractivity contribution in [3.63, 3.8) is 0 Å². The van der Waals surface area contributed by atoms with Crippen molar-refractivity contribution in [3.05, 3.63) is 12.2 Å². The zero-order valence-electron chi connectivity index (χ0n) is 22.0. The van der Waals surface area contributed by atoms with E-state index in [1.807, 2.05) is 0 Å². The molecule has 4 aliphatic carbocycles. The number of aliphatic carboxylic acids is 1. The molecule has 4 saturated carbocycles. The number of aliphatic hydroxyl groups is 2. The summed E-state index contributed by atoms with van der Waals surface area (Å²) in [5.41, 5.74) is 1.68. The zero-order valence-corrected chi connectivity index (χ0v) is 22.8. The molecule has 0 amide bonds. The van der Waals surface area contributed by atoms with E-state index in [1.165, 1.54) is 50.5 Å². The molecule has 0 aromatic carbocycles. The van der Waals surface area contributed by atoms with Gasteiger partial charge in [0.25, 0.3) is 0 Å². The SMILES string of the molecule is C=C1CCC2[C@@H](O)C([C@@]3(C)CC[C@H](O)C[C@@H]3CCC3CCC(Cl)CC3)CC[C@@]12C.CC(=O)[O-].[NH4+]. The fourth-order valence-corrected chi connectivity index (χ4v) is 8.16. The summed E-state index contributed by atoms with van der Waals surface area (Å²) in [6.07, 6.45) is 14.4. The predicted molar refractivity (Wildman–Crippen MR) is 138 cm³/mol. The van der Waals surface area contributed by atoms with Crippen LogP contribution in [0.4, 0.5) is 0 Å². The Hall–Kier alpha value is -0.620. The summed E-state index contributed by atoms with van der Waals surface area (Å²) >= 11 is 6.31. The lowest BCUT2D eigenvalue weighted by Gasteiger charge is -2.55. The summed E-state index contributed by atoms with van der Waals surface area (Å²) in [6, 6.07) is 0. The van der Waals surface area contributed by atoms with Gasteiger partial charge in [-0.2, -0.15) is 0 Å². The van der Waals surface area contributed by atoms with E-state index in [-0.39, 0.29) is 29.2 Å². The minimum atomic E-state index is -1.08. The summed E-state index contributed by atoms with van der Waals surface area (Å²) in [4.78, 5) is 8.89. The maximum absolute atomic E-state index is 11.6. The molecule has 0 aromatic heterocycles. The minimum absolute atomic E-state index is 0. The molecule has 0 bridgehead atoms. The number of carbonyl (C=O) groups is 1. The molecular formula is C28H50ClNO4. The third-order valence-electron chi connectivity index (χ3n) is 10.2. The highest BCUT2D eigenvalue weighted by molar-refractivity contribution is 6.20. The van der Waals surface area contributed by atoms with Crippen molar-refractivity contribution < 1.29 is 20.1 Å². The second kappa shape index (κ2) is 12.1. The second-order valence-corrected chi connectivity index (χ2v) is 12.7. The largest absolute Gasteiger partial charge is 0.550 e. The molecule has 4 aliphatic rings. The van der Waals surface area contributed by atoms with Crippen LogP contribution in [0.2, 0.25) is 0 Å². The first-order valence-corrected chi connectivity index (χ1v) is 13.8. The van der Waals surface area contributed by atoms with Crippen molar-refractivity contribution in [1.29, 1.82) is 0 Å². The number of carbonyl (C=O) groups excluding carboxylic acids is 1. The number of alkyl halides is 1. The van der Waals surface area contributed by atoms with Crippen LogP contribution >= 0.6 is 11.6 Å². The molecule has 6 heteroatoms. The third kappa shape index (κ3) is 6.38. The standard InChI is InChI=1S/C26H43ClO2.C2H4O2.H3N/c1-17-4-11-22-24(29)23(13-15-25(17,22)2)26(3)14-12-21(28)16-19(26)8-5-18-6-9-20(27)10-7-18;1-2(3)4;/h18-24,28-29H,1,4-16H2,2-3H3;1H3,(H,3,4);1H3/t18?,19-,20?,21-,22?,23?,24+,25-,26-;;/m0../s1. The van der Waals surface area contributed by atoms with Gasteiger partial charge in [-0.15, -0.1) is 11.6 Å². The summed E-state index contributed by atoms with van der Waals surface area (Å²) in [6.45, 7) is 10.1. The van der Waals surface area contributed by atoms with Crippen LogP contribution in [0.15, 0.2) is 12.2 Å². The normalized spacial score (nSPS) is 44.3. The van der Waals surface area contributed by atoms with E-state index in [9.17, 15) is 10.2 Å². The van der Waals surface area contributed by atoms with Gasteiger partial charge in [-0.05, 0) is 118 Å². The van der Waals surface area contributed by atoms with Gasteiger partial charge in [0.15, 0.2) is 0 Å². The van der Waals surface area contributed by atoms with Crippen LogP contribution in [0.1, 0.15) is 104 Å². The fraction of sp³-hybridized carbons (Fsp3) is 0.893. The Balaban J connectivity index is 0.000000758. The average Bonchev–Trinajstić information content (AvgIpc) is 3.05. The number of halogens is 1. The van der Waals surface area contributed by atoms with Crippen LogP contribution in [0.5, 0.6) is 0 Å². The third-order valence-corrected chi connectivity index (χ3v) is 10.7. The van der Waals surface area contributed by atoms with Crippen LogP contribution in [0.25, 0.3) is 0 Å². The smallest absolute Gasteiger partial charge is 0.0610 e. The molecule has 6 N–H and O–H groups in total. The average molecular weight is 500 g/mol. The lowest BCUT2D eigenvalue weighted by molar-refractivity contribution is -0.302. The molecule has 0 aliphatic heterocycles. The summed E-state index contributed by atoms with van der Waals surface area (Å²) in [5, 5.41) is 31.3. The van der Waals surface area contributed by atoms with Crippen molar-refractivity contribution in [2.24, 2.45) is 34.5 Å². The Morgan fingerprint density at radius 2 is 1.65 bits per heavy atom. The fourth-order valence-electron chi connectivity index (χ4n) is 7.91.